The molecular weight excluding hydrogens is 337 g/mol. The van der Waals surface area contributed by atoms with Gasteiger partial charge in [-0.3, -0.25) is 0 Å². The van der Waals surface area contributed by atoms with E-state index in [9.17, 15) is 4.79 Å². The summed E-state index contributed by atoms with van der Waals surface area (Å²) >= 11 is -1.43. The van der Waals surface area contributed by atoms with E-state index in [-0.39, 0.29) is 5.97 Å². The second-order valence-corrected chi connectivity index (χ2v) is 12.7. The van der Waals surface area contributed by atoms with E-state index < -0.39 is 21.8 Å². The maximum atomic E-state index is 11.2. The van der Waals surface area contributed by atoms with Crippen molar-refractivity contribution in [2.24, 2.45) is 0 Å². The number of rotatable bonds is 4. The van der Waals surface area contributed by atoms with Crippen molar-refractivity contribution in [1.82, 2.24) is 0 Å². The van der Waals surface area contributed by atoms with Crippen LogP contribution in [0.1, 0.15) is 19.8 Å². The molecule has 0 radical (unpaired) electrons. The zero-order chi connectivity index (χ0) is 8.85. The number of methoxy groups -OCH3 is 1. The van der Waals surface area contributed by atoms with Gasteiger partial charge in [0.2, 0.25) is 0 Å². The van der Waals surface area contributed by atoms with Crippen molar-refractivity contribution in [1.29, 1.82) is 0 Å². The van der Waals surface area contributed by atoms with Crippen LogP contribution in [0.2, 0.25) is 12.9 Å². The standard InChI is InChI=1S/C6H11O2.2CH3.Bi/c1-3-4-5-6(7)8-2;;;/h5H,3-4H2,1-2H3;2*1H3;. The van der Waals surface area contributed by atoms with E-state index in [1.54, 1.807) is 0 Å². The van der Waals surface area contributed by atoms with Crippen molar-refractivity contribution < 1.29 is 9.53 Å². The predicted molar refractivity (Wildman–Crippen MR) is 48.2 cm³/mol. The summed E-state index contributed by atoms with van der Waals surface area (Å²) in [4.78, 5) is 11.2. The number of carbonyl (C=O) groups is 1. The Kier molecular flexibility index (Phi) is 6.13. The molecule has 66 valence electrons. The van der Waals surface area contributed by atoms with Gasteiger partial charge in [-0.05, 0) is 0 Å². The van der Waals surface area contributed by atoms with E-state index >= 15 is 0 Å². The molecule has 11 heavy (non-hydrogen) atoms. The van der Waals surface area contributed by atoms with Gasteiger partial charge in [-0.1, -0.05) is 0 Å². The fourth-order valence-corrected chi connectivity index (χ4v) is 6.06. The van der Waals surface area contributed by atoms with Gasteiger partial charge >= 0.3 is 77.0 Å². The number of hydrogen-bond donors (Lipinski definition) is 0. The van der Waals surface area contributed by atoms with Gasteiger partial charge in [0.1, 0.15) is 0 Å². The molecule has 0 saturated carbocycles. The molecule has 0 N–H and O–H groups in total. The van der Waals surface area contributed by atoms with E-state index in [2.05, 4.69) is 16.2 Å². The van der Waals surface area contributed by atoms with Crippen LogP contribution in [0.5, 0.6) is 0 Å². The molecule has 0 aromatic heterocycles. The van der Waals surface area contributed by atoms with Crippen LogP contribution < -0.4 is 0 Å². The Labute approximate surface area is 77.0 Å². The molecule has 0 aliphatic carbocycles. The van der Waals surface area contributed by atoms with Gasteiger partial charge in [-0.2, -0.15) is 0 Å². The fraction of sp³-hybridized carbons (Fsp3) is 0.875. The summed E-state index contributed by atoms with van der Waals surface area (Å²) in [6.07, 6.45) is 2.12. The zero-order valence-corrected chi connectivity index (χ0v) is 11.2. The summed E-state index contributed by atoms with van der Waals surface area (Å²) in [5.41, 5.74) is 0. The van der Waals surface area contributed by atoms with E-state index in [0.717, 1.165) is 12.8 Å². The van der Waals surface area contributed by atoms with Crippen LogP contribution in [0.3, 0.4) is 0 Å². The first-order valence-corrected chi connectivity index (χ1v) is 12.8. The van der Waals surface area contributed by atoms with E-state index in [0.29, 0.717) is 3.63 Å². The molecule has 0 aliphatic rings. The number of hydrogen-bond acceptors (Lipinski definition) is 2. The van der Waals surface area contributed by atoms with Gasteiger partial charge in [0.25, 0.3) is 0 Å². The third kappa shape index (κ3) is 4.05. The first-order chi connectivity index (χ1) is 5.13. The average Bonchev–Trinajstić information content (AvgIpc) is 1.98. The molecule has 0 bridgehead atoms. The zero-order valence-electron chi connectivity index (χ0n) is 7.76. The van der Waals surface area contributed by atoms with Crippen LogP contribution >= 0.6 is 0 Å². The Bertz CT molecular complexity index is 123. The summed E-state index contributed by atoms with van der Waals surface area (Å²) in [6.45, 7) is 2.11. The van der Waals surface area contributed by atoms with Crippen molar-refractivity contribution in [2.45, 2.75) is 32.7 Å². The Morgan fingerprint density at radius 3 is 2.36 bits per heavy atom. The first kappa shape index (κ1) is 11.4. The minimum atomic E-state index is -1.43. The molecule has 0 amide bonds. The molecule has 3 heteroatoms. The van der Waals surface area contributed by atoms with Gasteiger partial charge in [0.05, 0.1) is 0 Å². The molecule has 1 atom stereocenters. The van der Waals surface area contributed by atoms with E-state index in [1.807, 2.05) is 0 Å². The van der Waals surface area contributed by atoms with Gasteiger partial charge in [0, 0.05) is 0 Å². The third-order valence-corrected chi connectivity index (χ3v) is 8.33. The fourth-order valence-electron chi connectivity index (χ4n) is 0.996. The van der Waals surface area contributed by atoms with E-state index in [1.165, 1.54) is 7.11 Å². The summed E-state index contributed by atoms with van der Waals surface area (Å²) < 4.78 is 9.54. The Morgan fingerprint density at radius 1 is 1.55 bits per heavy atom. The van der Waals surface area contributed by atoms with Crippen molar-refractivity contribution in [3.05, 3.63) is 0 Å². The molecule has 0 fully saturated rings. The molecule has 1 unspecified atom stereocenters. The number of esters is 1. The summed E-state index contributed by atoms with van der Waals surface area (Å²) in [5.74, 6) is 0.0228. The van der Waals surface area contributed by atoms with Crippen LogP contribution in [-0.2, 0) is 9.53 Å². The molecule has 0 aromatic carbocycles. The Balaban J connectivity index is 3.98. The number of carbonyl (C=O) groups excluding carboxylic acids is 1. The predicted octanol–water partition coefficient (Wildman–Crippen LogP) is 2.08. The van der Waals surface area contributed by atoms with Gasteiger partial charge in [-0.25, -0.2) is 0 Å². The van der Waals surface area contributed by atoms with Crippen LogP contribution in [0.4, 0.5) is 0 Å². The minimum absolute atomic E-state index is 0.0228. The second kappa shape index (κ2) is 5.94. The molecule has 0 saturated heterocycles. The summed E-state index contributed by atoms with van der Waals surface area (Å²) in [7, 11) is 1.48. The van der Waals surface area contributed by atoms with Crippen molar-refractivity contribution >= 4 is 27.7 Å². The van der Waals surface area contributed by atoms with Gasteiger partial charge < -0.3 is 0 Å². The number of ether oxygens (including phenoxy) is 1. The molecule has 0 spiro atoms. The van der Waals surface area contributed by atoms with Crippen LogP contribution in [0.25, 0.3) is 0 Å². The average molecular weight is 354 g/mol. The summed E-state index contributed by atoms with van der Waals surface area (Å²) in [6, 6.07) is 0. The molecule has 0 aliphatic heterocycles. The van der Waals surface area contributed by atoms with Crippen molar-refractivity contribution in [3.63, 3.8) is 0 Å². The van der Waals surface area contributed by atoms with E-state index in [4.69, 9.17) is 4.74 Å². The van der Waals surface area contributed by atoms with Crippen LogP contribution in [-0.4, -0.2) is 34.8 Å². The molecular formula is C8H17BiO2. The van der Waals surface area contributed by atoms with Crippen LogP contribution in [0.15, 0.2) is 0 Å². The third-order valence-electron chi connectivity index (χ3n) is 1.66. The normalized spacial score (nSPS) is 13.2. The van der Waals surface area contributed by atoms with Crippen LogP contribution in [0, 0.1) is 0 Å². The molecule has 0 aromatic rings. The Hall–Kier alpha value is 0.353. The molecule has 2 nitrogen and oxygen atoms in total. The monoisotopic (exact) mass is 354 g/mol. The molecule has 0 rings (SSSR count). The summed E-state index contributed by atoms with van der Waals surface area (Å²) in [5, 5.41) is 0. The first-order valence-electron chi connectivity index (χ1n) is 3.87. The maximum absolute atomic E-state index is 11.2. The van der Waals surface area contributed by atoms with Crippen molar-refractivity contribution in [2.75, 3.05) is 7.11 Å². The van der Waals surface area contributed by atoms with Gasteiger partial charge in [0.15, 0.2) is 0 Å². The SMILES string of the molecule is CCC[CH](C(=O)OC)[Bi]([CH3])[CH3]. The Morgan fingerprint density at radius 2 is 2.09 bits per heavy atom. The molecule has 0 heterocycles. The topological polar surface area (TPSA) is 26.3 Å². The van der Waals surface area contributed by atoms with Crippen molar-refractivity contribution in [3.8, 4) is 0 Å². The quantitative estimate of drug-likeness (QED) is 0.571. The second-order valence-electron chi connectivity index (χ2n) is 2.79. The van der Waals surface area contributed by atoms with Gasteiger partial charge in [-0.15, -0.1) is 0 Å².